The van der Waals surface area contributed by atoms with Crippen LogP contribution in [0.25, 0.3) is 0 Å². The summed E-state index contributed by atoms with van der Waals surface area (Å²) < 4.78 is 24.3. The first-order valence-corrected chi connectivity index (χ1v) is 7.46. The highest BCUT2D eigenvalue weighted by Gasteiger charge is 2.27. The molecule has 1 fully saturated rings. The molecule has 1 saturated heterocycles. The van der Waals surface area contributed by atoms with Crippen molar-refractivity contribution in [3.8, 4) is 0 Å². The Hall–Kier alpha value is -0.370. The minimum atomic E-state index is -3.07. The molecule has 0 radical (unpaired) electrons. The molecular formula is C10H22ClN3O3S. The van der Waals surface area contributed by atoms with Gasteiger partial charge in [-0.3, -0.25) is 4.79 Å². The zero-order valence-corrected chi connectivity index (χ0v) is 12.4. The van der Waals surface area contributed by atoms with E-state index in [1.165, 1.54) is 4.31 Å². The van der Waals surface area contributed by atoms with Gasteiger partial charge in [-0.05, 0) is 12.3 Å². The second-order valence-corrected chi connectivity index (χ2v) is 6.72. The van der Waals surface area contributed by atoms with Crippen LogP contribution in [0.15, 0.2) is 0 Å². The lowest BCUT2D eigenvalue weighted by Crippen LogP contribution is -2.46. The van der Waals surface area contributed by atoms with E-state index in [1.54, 1.807) is 0 Å². The Balaban J connectivity index is 0.00000289. The number of nitrogens with zero attached hydrogens (tertiary/aromatic N) is 1. The molecule has 1 aliphatic rings. The number of hydrogen-bond acceptors (Lipinski definition) is 4. The molecule has 0 aromatic heterocycles. The normalized spacial score (nSPS) is 20.4. The lowest BCUT2D eigenvalue weighted by atomic mass is 10.1. The fourth-order valence-corrected chi connectivity index (χ4v) is 3.20. The van der Waals surface area contributed by atoms with E-state index in [1.807, 2.05) is 13.8 Å². The largest absolute Gasteiger partial charge is 0.353 e. The van der Waals surface area contributed by atoms with Crippen molar-refractivity contribution in [2.24, 2.45) is 11.7 Å². The van der Waals surface area contributed by atoms with Gasteiger partial charge in [0.1, 0.15) is 0 Å². The highest BCUT2D eigenvalue weighted by Crippen LogP contribution is 2.11. The van der Waals surface area contributed by atoms with Crippen molar-refractivity contribution in [3.63, 3.8) is 0 Å². The quantitative estimate of drug-likeness (QED) is 0.719. The molecule has 0 aromatic carbocycles. The molecule has 0 saturated carbocycles. The highest BCUT2D eigenvalue weighted by molar-refractivity contribution is 7.89. The van der Waals surface area contributed by atoms with Gasteiger partial charge in [-0.1, -0.05) is 13.8 Å². The van der Waals surface area contributed by atoms with Gasteiger partial charge in [-0.2, -0.15) is 0 Å². The summed E-state index contributed by atoms with van der Waals surface area (Å²) in [6.45, 7) is 4.94. The molecule has 18 heavy (non-hydrogen) atoms. The van der Waals surface area contributed by atoms with Gasteiger partial charge in [0.2, 0.25) is 15.9 Å². The number of rotatable bonds is 5. The van der Waals surface area contributed by atoms with Crippen LogP contribution in [-0.2, 0) is 14.8 Å². The molecule has 0 spiro atoms. The molecule has 1 amide bonds. The summed E-state index contributed by atoms with van der Waals surface area (Å²) in [6, 6.07) is -0.537. The summed E-state index contributed by atoms with van der Waals surface area (Å²) in [5.74, 6) is 0.0639. The van der Waals surface area contributed by atoms with Crippen LogP contribution in [0.1, 0.15) is 20.3 Å². The van der Waals surface area contributed by atoms with Crippen LogP contribution in [0.5, 0.6) is 0 Å². The van der Waals surface area contributed by atoms with Crippen molar-refractivity contribution in [1.29, 1.82) is 0 Å². The third kappa shape index (κ3) is 4.72. The van der Waals surface area contributed by atoms with Crippen LogP contribution in [0.4, 0.5) is 0 Å². The van der Waals surface area contributed by atoms with Crippen molar-refractivity contribution in [1.82, 2.24) is 9.62 Å². The van der Waals surface area contributed by atoms with Gasteiger partial charge in [0, 0.05) is 19.6 Å². The molecule has 0 unspecified atom stereocenters. The summed E-state index contributed by atoms with van der Waals surface area (Å²) in [5.41, 5.74) is 5.66. The molecular weight excluding hydrogens is 278 g/mol. The smallest absolute Gasteiger partial charge is 0.237 e. The van der Waals surface area contributed by atoms with E-state index in [4.69, 9.17) is 5.73 Å². The first-order chi connectivity index (χ1) is 7.84. The lowest BCUT2D eigenvalue weighted by Gasteiger charge is -2.17. The number of hydrogen-bond donors (Lipinski definition) is 2. The second-order valence-electron chi connectivity index (χ2n) is 4.63. The lowest BCUT2D eigenvalue weighted by molar-refractivity contribution is -0.123. The molecule has 1 heterocycles. The van der Waals surface area contributed by atoms with Crippen LogP contribution in [0, 0.1) is 5.92 Å². The predicted octanol–water partition coefficient (Wildman–Crippen LogP) is -0.457. The maximum absolute atomic E-state index is 11.5. The monoisotopic (exact) mass is 299 g/mol. The van der Waals surface area contributed by atoms with Gasteiger partial charge in [0.15, 0.2) is 0 Å². The van der Waals surface area contributed by atoms with Gasteiger partial charge in [0.05, 0.1) is 11.8 Å². The number of amides is 1. The Morgan fingerprint density at radius 1 is 1.44 bits per heavy atom. The number of carbonyl (C=O) groups excluding carboxylic acids is 1. The van der Waals surface area contributed by atoms with Crippen molar-refractivity contribution in [3.05, 3.63) is 0 Å². The molecule has 0 aliphatic carbocycles. The molecule has 1 aliphatic heterocycles. The van der Waals surface area contributed by atoms with E-state index in [2.05, 4.69) is 5.32 Å². The topological polar surface area (TPSA) is 92.5 Å². The van der Waals surface area contributed by atoms with E-state index >= 15 is 0 Å². The highest BCUT2D eigenvalue weighted by atomic mass is 35.5. The minimum absolute atomic E-state index is 0. The average Bonchev–Trinajstić information content (AvgIpc) is 2.56. The molecule has 1 atom stereocenters. The molecule has 108 valence electrons. The number of carbonyl (C=O) groups is 1. The Kier molecular flexibility index (Phi) is 7.13. The van der Waals surface area contributed by atoms with Gasteiger partial charge in [-0.25, -0.2) is 12.7 Å². The Labute approximate surface area is 115 Å². The summed E-state index contributed by atoms with van der Waals surface area (Å²) >= 11 is 0. The van der Waals surface area contributed by atoms with E-state index in [0.29, 0.717) is 26.1 Å². The van der Waals surface area contributed by atoms with E-state index < -0.39 is 16.1 Å². The Morgan fingerprint density at radius 2 is 2.06 bits per heavy atom. The zero-order valence-electron chi connectivity index (χ0n) is 10.8. The Bertz CT molecular complexity index is 373. The third-order valence-corrected chi connectivity index (χ3v) is 4.84. The number of nitrogens with one attached hydrogen (secondary N) is 1. The number of halogens is 1. The minimum Gasteiger partial charge on any atom is -0.353 e. The standard InChI is InChI=1S/C10H21N3O3S.ClH/c1-8(2)9(11)10(14)12-4-6-13-5-3-7-17(13,15)16;/h8-9H,3-7,11H2,1-2H3,(H,12,14);1H/t9-;/m0./s1. The van der Waals surface area contributed by atoms with Crippen LogP contribution in [-0.4, -0.2) is 50.1 Å². The first kappa shape index (κ1) is 17.6. The summed E-state index contributed by atoms with van der Waals surface area (Å²) in [6.07, 6.45) is 0.668. The van der Waals surface area contributed by atoms with E-state index in [0.717, 1.165) is 0 Å². The fourth-order valence-electron chi connectivity index (χ4n) is 1.67. The number of nitrogens with two attached hydrogens (primary N) is 1. The maximum Gasteiger partial charge on any atom is 0.237 e. The van der Waals surface area contributed by atoms with Crippen LogP contribution >= 0.6 is 12.4 Å². The van der Waals surface area contributed by atoms with Gasteiger partial charge in [-0.15, -0.1) is 12.4 Å². The molecule has 1 rings (SSSR count). The Morgan fingerprint density at radius 3 is 2.50 bits per heavy atom. The second kappa shape index (κ2) is 7.28. The fraction of sp³-hybridized carbons (Fsp3) is 0.900. The summed E-state index contributed by atoms with van der Waals surface area (Å²) in [7, 11) is -3.07. The molecule has 0 bridgehead atoms. The predicted molar refractivity (Wildman–Crippen MR) is 73.0 cm³/mol. The first-order valence-electron chi connectivity index (χ1n) is 5.85. The third-order valence-electron chi connectivity index (χ3n) is 2.88. The van der Waals surface area contributed by atoms with Crippen molar-refractivity contribution < 1.29 is 13.2 Å². The average molecular weight is 300 g/mol. The number of sulfonamides is 1. The molecule has 8 heteroatoms. The zero-order chi connectivity index (χ0) is 13.1. The van der Waals surface area contributed by atoms with Gasteiger partial charge < -0.3 is 11.1 Å². The maximum atomic E-state index is 11.5. The van der Waals surface area contributed by atoms with Crippen molar-refractivity contribution in [2.75, 3.05) is 25.4 Å². The summed E-state index contributed by atoms with van der Waals surface area (Å²) in [4.78, 5) is 11.5. The molecule has 3 N–H and O–H groups in total. The SMILES string of the molecule is CC(C)[C@H](N)C(=O)NCCN1CCCS1(=O)=O.Cl. The van der Waals surface area contributed by atoms with E-state index in [9.17, 15) is 13.2 Å². The van der Waals surface area contributed by atoms with Crippen molar-refractivity contribution >= 4 is 28.3 Å². The molecule has 6 nitrogen and oxygen atoms in total. The van der Waals surface area contributed by atoms with Crippen molar-refractivity contribution in [2.45, 2.75) is 26.3 Å². The summed E-state index contributed by atoms with van der Waals surface area (Å²) in [5, 5.41) is 2.66. The van der Waals surface area contributed by atoms with Gasteiger partial charge in [0.25, 0.3) is 0 Å². The van der Waals surface area contributed by atoms with E-state index in [-0.39, 0.29) is 30.0 Å². The van der Waals surface area contributed by atoms with Gasteiger partial charge >= 0.3 is 0 Å². The van der Waals surface area contributed by atoms with Crippen LogP contribution < -0.4 is 11.1 Å². The van der Waals surface area contributed by atoms with Crippen LogP contribution in [0.3, 0.4) is 0 Å². The van der Waals surface area contributed by atoms with Crippen LogP contribution in [0.2, 0.25) is 0 Å². The molecule has 0 aromatic rings.